The molecule has 2 unspecified atom stereocenters. The first-order valence-corrected chi connectivity index (χ1v) is 8.41. The van der Waals surface area contributed by atoms with Crippen molar-refractivity contribution in [3.05, 3.63) is 0 Å². The van der Waals surface area contributed by atoms with Gasteiger partial charge in [0.25, 0.3) is 0 Å². The smallest absolute Gasteiger partial charge is 0.242 e. The molecule has 2 fully saturated rings. The second kappa shape index (κ2) is 6.75. The fourth-order valence-corrected chi connectivity index (χ4v) is 4.03. The van der Waals surface area contributed by atoms with Crippen molar-refractivity contribution >= 4 is 11.8 Å². The Morgan fingerprint density at radius 3 is 2.57 bits per heavy atom. The Morgan fingerprint density at radius 2 is 2.17 bits per heavy atom. The molecule has 0 aromatic rings. The van der Waals surface area contributed by atoms with Crippen LogP contribution in [0, 0.1) is 5.92 Å². The van der Waals surface area contributed by atoms with Gasteiger partial charge in [0, 0.05) is 25.7 Å². The van der Waals surface area contributed by atoms with E-state index in [4.69, 9.17) is 5.73 Å². The van der Waals surface area contributed by atoms with Crippen LogP contribution in [0.25, 0.3) is 0 Å². The number of nitrogens with one attached hydrogen (secondary N) is 1. The second-order valence-electron chi connectivity index (χ2n) is 7.48. The predicted octanol–water partition coefficient (Wildman–Crippen LogP) is -0.858. The highest BCUT2D eigenvalue weighted by atomic mass is 16.3. The highest BCUT2D eigenvalue weighted by Crippen LogP contribution is 2.38. The number of hydrogen-bond acceptors (Lipinski definition) is 5. The summed E-state index contributed by atoms with van der Waals surface area (Å²) in [4.78, 5) is 27.9. The number of carbonyl (C=O) groups is 2. The van der Waals surface area contributed by atoms with Crippen LogP contribution in [0.4, 0.5) is 0 Å². The largest absolute Gasteiger partial charge is 0.391 e. The van der Waals surface area contributed by atoms with E-state index in [2.05, 4.69) is 24.1 Å². The Labute approximate surface area is 138 Å². The maximum atomic E-state index is 12.1. The highest BCUT2D eigenvalue weighted by molar-refractivity contribution is 5.93. The first-order valence-electron chi connectivity index (χ1n) is 8.41. The zero-order chi connectivity index (χ0) is 17.4. The molecule has 4 N–H and O–H groups in total. The van der Waals surface area contributed by atoms with Crippen molar-refractivity contribution in [3.63, 3.8) is 0 Å². The van der Waals surface area contributed by atoms with E-state index in [0.29, 0.717) is 19.0 Å². The normalized spacial score (nSPS) is 30.6. The van der Waals surface area contributed by atoms with Gasteiger partial charge in [-0.25, -0.2) is 0 Å². The number of likely N-dealkylation sites (tertiary alicyclic amines) is 1. The topological polar surface area (TPSA) is 98.9 Å². The van der Waals surface area contributed by atoms with Gasteiger partial charge in [0.05, 0.1) is 6.10 Å². The van der Waals surface area contributed by atoms with Gasteiger partial charge in [-0.3, -0.25) is 19.4 Å². The lowest BCUT2D eigenvalue weighted by atomic mass is 9.88. The molecule has 0 aromatic heterocycles. The number of rotatable bonds is 7. The molecule has 7 heteroatoms. The quantitative estimate of drug-likeness (QED) is 0.529. The fourth-order valence-electron chi connectivity index (χ4n) is 4.03. The zero-order valence-corrected chi connectivity index (χ0v) is 14.6. The van der Waals surface area contributed by atoms with E-state index in [1.807, 2.05) is 11.9 Å². The van der Waals surface area contributed by atoms with Crippen LogP contribution in [0.1, 0.15) is 33.6 Å². The number of amides is 2. The van der Waals surface area contributed by atoms with Crippen LogP contribution in [-0.4, -0.2) is 77.1 Å². The summed E-state index contributed by atoms with van der Waals surface area (Å²) in [5.41, 5.74) is 5.05. The van der Waals surface area contributed by atoms with Crippen molar-refractivity contribution in [1.82, 2.24) is 15.1 Å². The van der Waals surface area contributed by atoms with Gasteiger partial charge >= 0.3 is 0 Å². The van der Waals surface area contributed by atoms with Gasteiger partial charge < -0.3 is 16.2 Å². The number of primary amides is 1. The van der Waals surface area contributed by atoms with Crippen LogP contribution in [0.5, 0.6) is 0 Å². The number of β-lactam (4-membered cyclic amide) rings is 1. The Hall–Kier alpha value is -1.18. The third-order valence-electron chi connectivity index (χ3n) is 5.13. The van der Waals surface area contributed by atoms with E-state index in [9.17, 15) is 14.7 Å². The summed E-state index contributed by atoms with van der Waals surface area (Å²) in [7, 11) is 1.81. The molecule has 2 saturated heterocycles. The van der Waals surface area contributed by atoms with Gasteiger partial charge in [-0.05, 0) is 32.7 Å². The lowest BCUT2D eigenvalue weighted by molar-refractivity contribution is -0.143. The Bertz CT molecular complexity index is 468. The molecule has 7 nitrogen and oxygen atoms in total. The second-order valence-corrected chi connectivity index (χ2v) is 7.48. The lowest BCUT2D eigenvalue weighted by Gasteiger charge is -2.47. The van der Waals surface area contributed by atoms with E-state index in [1.54, 1.807) is 6.92 Å². The average molecular weight is 326 g/mol. The van der Waals surface area contributed by atoms with Crippen molar-refractivity contribution < 1.29 is 14.7 Å². The maximum absolute atomic E-state index is 12.1. The van der Waals surface area contributed by atoms with Crippen LogP contribution in [0.2, 0.25) is 0 Å². The molecular formula is C16H30N4O3. The first kappa shape index (κ1) is 18.2. The molecule has 0 saturated carbocycles. The van der Waals surface area contributed by atoms with Gasteiger partial charge in [-0.2, -0.15) is 0 Å². The summed E-state index contributed by atoms with van der Waals surface area (Å²) in [6, 6.07) is -0.517. The van der Waals surface area contributed by atoms with Crippen LogP contribution in [0.15, 0.2) is 0 Å². The summed E-state index contributed by atoms with van der Waals surface area (Å²) in [5, 5.41) is 12.7. The van der Waals surface area contributed by atoms with E-state index in [-0.39, 0.29) is 17.5 Å². The molecule has 0 aromatic carbocycles. The number of aliphatic hydroxyl groups excluding tert-OH is 1. The summed E-state index contributed by atoms with van der Waals surface area (Å²) in [5.74, 6) is 0.0483. The first-order chi connectivity index (χ1) is 10.7. The Balaban J connectivity index is 2.11. The molecule has 2 rings (SSSR count). The third kappa shape index (κ3) is 3.36. The molecule has 2 aliphatic rings. The summed E-state index contributed by atoms with van der Waals surface area (Å²) < 4.78 is 0. The summed E-state index contributed by atoms with van der Waals surface area (Å²) >= 11 is 0. The van der Waals surface area contributed by atoms with Crippen molar-refractivity contribution in [2.24, 2.45) is 11.7 Å². The van der Waals surface area contributed by atoms with Crippen LogP contribution in [0.3, 0.4) is 0 Å². The van der Waals surface area contributed by atoms with E-state index in [1.165, 1.54) is 0 Å². The Kier molecular flexibility index (Phi) is 5.33. The monoisotopic (exact) mass is 326 g/mol. The van der Waals surface area contributed by atoms with Crippen LogP contribution >= 0.6 is 0 Å². The molecule has 2 amide bonds. The third-order valence-corrected chi connectivity index (χ3v) is 5.13. The number of nitrogens with two attached hydrogens (primary N) is 1. The van der Waals surface area contributed by atoms with Crippen molar-refractivity contribution in [2.45, 2.75) is 57.3 Å². The number of carbonyl (C=O) groups excluding carboxylic acids is 2. The highest BCUT2D eigenvalue weighted by Gasteiger charge is 2.56. The molecule has 4 atom stereocenters. The summed E-state index contributed by atoms with van der Waals surface area (Å²) in [6.45, 7) is 8.03. The van der Waals surface area contributed by atoms with Crippen molar-refractivity contribution in [1.29, 1.82) is 0 Å². The van der Waals surface area contributed by atoms with E-state index < -0.39 is 18.1 Å². The van der Waals surface area contributed by atoms with Gasteiger partial charge in [0.2, 0.25) is 11.8 Å². The minimum atomic E-state index is -0.821. The van der Waals surface area contributed by atoms with Gasteiger partial charge in [-0.15, -0.1) is 0 Å². The molecule has 0 radical (unpaired) electrons. The minimum Gasteiger partial charge on any atom is -0.391 e. The minimum absolute atomic E-state index is 0.116. The number of nitrogens with zero attached hydrogens (tertiary/aromatic N) is 2. The molecule has 0 aliphatic carbocycles. The molecule has 1 spiro atoms. The fraction of sp³-hybridized carbons (Fsp3) is 0.875. The maximum Gasteiger partial charge on any atom is 0.242 e. The van der Waals surface area contributed by atoms with Gasteiger partial charge in [0.1, 0.15) is 11.6 Å². The van der Waals surface area contributed by atoms with E-state index in [0.717, 1.165) is 19.4 Å². The van der Waals surface area contributed by atoms with Crippen LogP contribution in [-0.2, 0) is 9.59 Å². The number of aliphatic hydroxyl groups is 1. The molecule has 132 valence electrons. The van der Waals surface area contributed by atoms with Gasteiger partial charge in [0.15, 0.2) is 0 Å². The van der Waals surface area contributed by atoms with Crippen molar-refractivity contribution in [2.75, 3.05) is 26.7 Å². The standard InChI is InChI=1S/C16H30N4O3/c1-10(2)7-20-12(5-6-16(20)9-18-15(16)23)8-19(4)13(11(3)21)14(17)22/h10-13,21H,5-9H2,1-4H3,(H2,17,22)(H,18,23)/t11-,12?,13+,16?/m1/s1. The lowest BCUT2D eigenvalue weighted by Crippen LogP contribution is -2.72. The SMILES string of the molecule is CC(C)CN1C(CN(C)[C@H](C(N)=O)[C@@H](C)O)CCC12CNC2=O. The van der Waals surface area contributed by atoms with E-state index >= 15 is 0 Å². The number of hydrogen-bond donors (Lipinski definition) is 3. The average Bonchev–Trinajstić information content (AvgIpc) is 2.76. The molecule has 0 bridgehead atoms. The molecule has 23 heavy (non-hydrogen) atoms. The molecular weight excluding hydrogens is 296 g/mol. The summed E-state index contributed by atoms with van der Waals surface area (Å²) in [6.07, 6.45) is 0.939. The Morgan fingerprint density at radius 1 is 1.52 bits per heavy atom. The van der Waals surface area contributed by atoms with Gasteiger partial charge in [-0.1, -0.05) is 13.8 Å². The molecule has 2 aliphatic heterocycles. The number of likely N-dealkylation sites (N-methyl/N-ethyl adjacent to an activating group) is 1. The van der Waals surface area contributed by atoms with Crippen LogP contribution < -0.4 is 11.1 Å². The van der Waals surface area contributed by atoms with Crippen molar-refractivity contribution in [3.8, 4) is 0 Å². The zero-order valence-electron chi connectivity index (χ0n) is 14.6. The predicted molar refractivity (Wildman–Crippen MR) is 87.6 cm³/mol. The molecule has 2 heterocycles.